The van der Waals surface area contributed by atoms with Gasteiger partial charge in [-0.2, -0.15) is 5.10 Å². The van der Waals surface area contributed by atoms with Gasteiger partial charge in [0.25, 0.3) is 0 Å². The Morgan fingerprint density at radius 1 is 1.36 bits per heavy atom. The molecule has 0 saturated carbocycles. The maximum atomic E-state index is 11.9. The topological polar surface area (TPSA) is 61.8 Å². The summed E-state index contributed by atoms with van der Waals surface area (Å²) < 4.78 is 0. The molecule has 1 aliphatic rings. The molecule has 0 saturated heterocycles. The van der Waals surface area contributed by atoms with Crippen LogP contribution in [-0.2, 0) is 9.59 Å². The van der Waals surface area contributed by atoms with Crippen LogP contribution in [0, 0.1) is 6.92 Å². The van der Waals surface area contributed by atoms with Crippen molar-refractivity contribution in [1.82, 2.24) is 10.3 Å². The Morgan fingerprint density at radius 3 is 2.77 bits per heavy atom. The van der Waals surface area contributed by atoms with Crippen LogP contribution in [0.4, 0.5) is 0 Å². The van der Waals surface area contributed by atoms with Crippen LogP contribution in [0.1, 0.15) is 30.4 Å². The Kier molecular flexibility index (Phi) is 5.47. The summed E-state index contributed by atoms with van der Waals surface area (Å²) in [6, 6.07) is 8.08. The first-order valence-electron chi connectivity index (χ1n) is 7.42. The van der Waals surface area contributed by atoms with E-state index < -0.39 is 0 Å². The molecular formula is C17H21N3O2. The van der Waals surface area contributed by atoms with E-state index in [4.69, 9.17) is 0 Å². The molecule has 1 aromatic rings. The lowest BCUT2D eigenvalue weighted by molar-refractivity contribution is -0.132. The maximum absolute atomic E-state index is 11.9. The molecule has 116 valence electrons. The third kappa shape index (κ3) is 4.28. The fourth-order valence-corrected chi connectivity index (χ4v) is 2.21. The first-order chi connectivity index (χ1) is 10.6. The van der Waals surface area contributed by atoms with E-state index >= 15 is 0 Å². The van der Waals surface area contributed by atoms with Crippen LogP contribution in [0.15, 0.2) is 42.0 Å². The number of benzene rings is 1. The SMILES string of the molecule is C=CCNC(=O)CCN1N=C(c2ccc(C)cc2)CCC1=O. The summed E-state index contributed by atoms with van der Waals surface area (Å²) in [5.74, 6) is -0.141. The van der Waals surface area contributed by atoms with Crippen LogP contribution in [0.3, 0.4) is 0 Å². The van der Waals surface area contributed by atoms with Gasteiger partial charge in [0.2, 0.25) is 11.8 Å². The van der Waals surface area contributed by atoms with Crippen LogP contribution in [0.5, 0.6) is 0 Å². The first-order valence-corrected chi connectivity index (χ1v) is 7.42. The third-order valence-electron chi connectivity index (χ3n) is 3.48. The second-order valence-electron chi connectivity index (χ2n) is 5.27. The lowest BCUT2D eigenvalue weighted by Gasteiger charge is -2.23. The van der Waals surface area contributed by atoms with E-state index in [0.29, 0.717) is 25.9 Å². The molecule has 1 aromatic carbocycles. The summed E-state index contributed by atoms with van der Waals surface area (Å²) in [7, 11) is 0. The van der Waals surface area contributed by atoms with Gasteiger partial charge in [-0.3, -0.25) is 9.59 Å². The van der Waals surface area contributed by atoms with Crippen molar-refractivity contribution in [2.24, 2.45) is 5.10 Å². The Labute approximate surface area is 130 Å². The predicted molar refractivity (Wildman–Crippen MR) is 86.5 cm³/mol. The summed E-state index contributed by atoms with van der Waals surface area (Å²) in [4.78, 5) is 23.5. The number of rotatable bonds is 6. The number of carbonyl (C=O) groups excluding carboxylic acids is 2. The van der Waals surface area contributed by atoms with Crippen molar-refractivity contribution in [2.75, 3.05) is 13.1 Å². The molecule has 2 amide bonds. The molecule has 0 spiro atoms. The number of hydrazone groups is 1. The van der Waals surface area contributed by atoms with Gasteiger partial charge in [-0.05, 0) is 12.5 Å². The number of carbonyl (C=O) groups is 2. The Bertz CT molecular complexity index is 590. The molecule has 1 N–H and O–H groups in total. The van der Waals surface area contributed by atoms with Gasteiger partial charge in [0.15, 0.2) is 0 Å². The van der Waals surface area contributed by atoms with E-state index in [-0.39, 0.29) is 18.2 Å². The lowest BCUT2D eigenvalue weighted by Crippen LogP contribution is -2.35. The molecule has 1 heterocycles. The zero-order chi connectivity index (χ0) is 15.9. The van der Waals surface area contributed by atoms with E-state index in [2.05, 4.69) is 17.0 Å². The smallest absolute Gasteiger partial charge is 0.243 e. The lowest BCUT2D eigenvalue weighted by atomic mass is 10.0. The summed E-state index contributed by atoms with van der Waals surface area (Å²) in [5, 5.41) is 8.52. The summed E-state index contributed by atoms with van der Waals surface area (Å²) in [6.07, 6.45) is 2.93. The van der Waals surface area contributed by atoms with Gasteiger partial charge in [-0.25, -0.2) is 5.01 Å². The predicted octanol–water partition coefficient (Wildman–Crippen LogP) is 2.01. The number of nitrogens with one attached hydrogen (secondary N) is 1. The van der Waals surface area contributed by atoms with Crippen molar-refractivity contribution in [3.8, 4) is 0 Å². The van der Waals surface area contributed by atoms with Gasteiger partial charge in [-0.1, -0.05) is 35.9 Å². The van der Waals surface area contributed by atoms with E-state index in [0.717, 1.165) is 11.3 Å². The standard InChI is InChI=1S/C17H21N3O2/c1-3-11-18-16(21)10-12-20-17(22)9-8-15(19-20)14-6-4-13(2)5-7-14/h3-7H,1,8-12H2,2H3,(H,18,21). The Morgan fingerprint density at radius 2 is 2.09 bits per heavy atom. The van der Waals surface area contributed by atoms with Gasteiger partial charge < -0.3 is 5.32 Å². The third-order valence-corrected chi connectivity index (χ3v) is 3.48. The highest BCUT2D eigenvalue weighted by Crippen LogP contribution is 2.16. The van der Waals surface area contributed by atoms with Crippen molar-refractivity contribution < 1.29 is 9.59 Å². The highest BCUT2D eigenvalue weighted by molar-refractivity contribution is 6.04. The molecule has 0 fully saturated rings. The maximum Gasteiger partial charge on any atom is 0.243 e. The van der Waals surface area contributed by atoms with Crippen molar-refractivity contribution in [3.05, 3.63) is 48.0 Å². The summed E-state index contributed by atoms with van der Waals surface area (Å²) >= 11 is 0. The zero-order valence-corrected chi connectivity index (χ0v) is 12.8. The molecule has 0 radical (unpaired) electrons. The molecule has 22 heavy (non-hydrogen) atoms. The number of aryl methyl sites for hydroxylation is 1. The van der Waals surface area contributed by atoms with Gasteiger partial charge in [0.1, 0.15) is 0 Å². The zero-order valence-electron chi connectivity index (χ0n) is 12.8. The first kappa shape index (κ1) is 15.9. The average Bonchev–Trinajstić information content (AvgIpc) is 2.53. The number of hydrogen-bond acceptors (Lipinski definition) is 3. The molecular weight excluding hydrogens is 278 g/mol. The molecule has 0 aliphatic carbocycles. The highest BCUT2D eigenvalue weighted by Gasteiger charge is 2.21. The van der Waals surface area contributed by atoms with E-state index in [1.807, 2.05) is 31.2 Å². The molecule has 0 unspecified atom stereocenters. The molecule has 0 bridgehead atoms. The van der Waals surface area contributed by atoms with Gasteiger partial charge in [0, 0.05) is 25.8 Å². The van der Waals surface area contributed by atoms with E-state index in [9.17, 15) is 9.59 Å². The normalized spacial score (nSPS) is 14.5. The minimum absolute atomic E-state index is 0.0348. The van der Waals surface area contributed by atoms with E-state index in [1.165, 1.54) is 10.6 Å². The van der Waals surface area contributed by atoms with Gasteiger partial charge >= 0.3 is 0 Å². The van der Waals surface area contributed by atoms with Gasteiger partial charge in [0.05, 0.1) is 12.3 Å². The quantitative estimate of drug-likeness (QED) is 0.817. The number of amides is 2. The van der Waals surface area contributed by atoms with Crippen LogP contribution in [0.2, 0.25) is 0 Å². The summed E-state index contributed by atoms with van der Waals surface area (Å²) in [5.41, 5.74) is 3.11. The molecule has 5 nitrogen and oxygen atoms in total. The minimum atomic E-state index is -0.106. The number of hydrogen-bond donors (Lipinski definition) is 1. The van der Waals surface area contributed by atoms with E-state index in [1.54, 1.807) is 6.08 Å². The monoisotopic (exact) mass is 299 g/mol. The van der Waals surface area contributed by atoms with Crippen LogP contribution in [-0.4, -0.2) is 35.6 Å². The fraction of sp³-hybridized carbons (Fsp3) is 0.353. The molecule has 0 atom stereocenters. The molecule has 5 heteroatoms. The molecule has 0 aromatic heterocycles. The van der Waals surface area contributed by atoms with Crippen molar-refractivity contribution in [3.63, 3.8) is 0 Å². The second-order valence-corrected chi connectivity index (χ2v) is 5.27. The largest absolute Gasteiger partial charge is 0.353 e. The van der Waals surface area contributed by atoms with Crippen molar-refractivity contribution in [1.29, 1.82) is 0 Å². The Hall–Kier alpha value is -2.43. The van der Waals surface area contributed by atoms with Crippen LogP contribution in [0.25, 0.3) is 0 Å². The van der Waals surface area contributed by atoms with Crippen LogP contribution < -0.4 is 5.32 Å². The summed E-state index contributed by atoms with van der Waals surface area (Å²) in [6.45, 7) is 6.31. The molecule has 1 aliphatic heterocycles. The highest BCUT2D eigenvalue weighted by atomic mass is 16.2. The Balaban J connectivity index is 2.01. The fourth-order valence-electron chi connectivity index (χ4n) is 2.21. The second kappa shape index (κ2) is 7.54. The van der Waals surface area contributed by atoms with Crippen molar-refractivity contribution in [2.45, 2.75) is 26.2 Å². The number of nitrogens with zero attached hydrogens (tertiary/aromatic N) is 2. The minimum Gasteiger partial charge on any atom is -0.353 e. The van der Waals surface area contributed by atoms with Gasteiger partial charge in [-0.15, -0.1) is 6.58 Å². The van der Waals surface area contributed by atoms with Crippen molar-refractivity contribution >= 4 is 17.5 Å². The van der Waals surface area contributed by atoms with Crippen LogP contribution >= 0.6 is 0 Å². The molecule has 2 rings (SSSR count). The average molecular weight is 299 g/mol.